The van der Waals surface area contributed by atoms with Crippen molar-refractivity contribution in [2.45, 2.75) is 50.9 Å². The minimum absolute atomic E-state index is 0.0917. The molecule has 132 valence electrons. The van der Waals surface area contributed by atoms with Crippen molar-refractivity contribution < 1.29 is 28.6 Å². The van der Waals surface area contributed by atoms with Crippen molar-refractivity contribution in [1.29, 1.82) is 0 Å². The highest BCUT2D eigenvalue weighted by Gasteiger charge is 2.30. The first kappa shape index (κ1) is 17.4. The summed E-state index contributed by atoms with van der Waals surface area (Å²) < 4.78 is 16.8. The normalized spacial score (nSPS) is 25.5. The van der Waals surface area contributed by atoms with Crippen molar-refractivity contribution >= 4 is 18.2 Å². The first-order chi connectivity index (χ1) is 12.1. The summed E-state index contributed by atoms with van der Waals surface area (Å²) in [5, 5.41) is 0. The van der Waals surface area contributed by atoms with Gasteiger partial charge in [0, 0.05) is 26.2 Å². The first-order valence-electron chi connectivity index (χ1n) is 8.34. The zero-order valence-electron chi connectivity index (χ0n) is 14.0. The number of benzene rings is 1. The molecule has 3 atom stereocenters. The van der Waals surface area contributed by atoms with Crippen LogP contribution in [0.15, 0.2) is 30.4 Å². The molecular formula is C19H20O6. The van der Waals surface area contributed by atoms with Crippen molar-refractivity contribution in [3.63, 3.8) is 0 Å². The molecule has 0 aromatic heterocycles. The average Bonchev–Trinajstić information content (AvgIpc) is 2.54. The van der Waals surface area contributed by atoms with Crippen molar-refractivity contribution in [1.82, 2.24) is 0 Å². The van der Waals surface area contributed by atoms with E-state index in [0.29, 0.717) is 18.4 Å². The molecule has 0 saturated carbocycles. The maximum Gasteiger partial charge on any atom is 0.342 e. The number of hydrogen-bond donors (Lipinski definition) is 0. The lowest BCUT2D eigenvalue weighted by atomic mass is 9.96. The van der Waals surface area contributed by atoms with Gasteiger partial charge in [-0.05, 0) is 18.1 Å². The topological polar surface area (TPSA) is 78.9 Å². The molecule has 0 saturated heterocycles. The van der Waals surface area contributed by atoms with E-state index >= 15 is 0 Å². The third-order valence-electron chi connectivity index (χ3n) is 4.27. The maximum absolute atomic E-state index is 12.7. The summed E-state index contributed by atoms with van der Waals surface area (Å²) >= 11 is 0. The Morgan fingerprint density at radius 2 is 2.24 bits per heavy atom. The summed E-state index contributed by atoms with van der Waals surface area (Å²) in [6.07, 6.45) is 5.68. The van der Waals surface area contributed by atoms with E-state index in [-0.39, 0.29) is 29.9 Å². The molecule has 6 heteroatoms. The van der Waals surface area contributed by atoms with Gasteiger partial charge in [-0.1, -0.05) is 24.3 Å². The highest BCUT2D eigenvalue weighted by molar-refractivity contribution is 5.95. The van der Waals surface area contributed by atoms with Gasteiger partial charge in [0.15, 0.2) is 0 Å². The van der Waals surface area contributed by atoms with E-state index < -0.39 is 18.0 Å². The van der Waals surface area contributed by atoms with Crippen LogP contribution in [-0.4, -0.2) is 36.5 Å². The van der Waals surface area contributed by atoms with E-state index in [0.717, 1.165) is 12.7 Å². The Kier molecular flexibility index (Phi) is 5.28. The Morgan fingerprint density at radius 1 is 1.40 bits per heavy atom. The quantitative estimate of drug-likeness (QED) is 0.363. The van der Waals surface area contributed by atoms with Gasteiger partial charge in [-0.3, -0.25) is 4.79 Å². The predicted molar refractivity (Wildman–Crippen MR) is 88.4 cm³/mol. The molecule has 2 aliphatic rings. The second-order valence-corrected chi connectivity index (χ2v) is 6.21. The monoisotopic (exact) mass is 344 g/mol. The van der Waals surface area contributed by atoms with Crippen LogP contribution in [-0.2, 0) is 25.5 Å². The van der Waals surface area contributed by atoms with Crippen LogP contribution in [0.4, 0.5) is 0 Å². The van der Waals surface area contributed by atoms with Gasteiger partial charge in [0.1, 0.15) is 23.7 Å². The second-order valence-electron chi connectivity index (χ2n) is 6.21. The van der Waals surface area contributed by atoms with Gasteiger partial charge in [0.25, 0.3) is 0 Å². The van der Waals surface area contributed by atoms with Crippen molar-refractivity contribution in [3.05, 3.63) is 41.5 Å². The fraction of sp³-hybridized carbons (Fsp3) is 0.421. The lowest BCUT2D eigenvalue weighted by Gasteiger charge is -2.30. The van der Waals surface area contributed by atoms with E-state index in [9.17, 15) is 14.4 Å². The zero-order chi connectivity index (χ0) is 17.8. The Balaban J connectivity index is 2.02. The molecular weight excluding hydrogens is 324 g/mol. The van der Waals surface area contributed by atoms with Gasteiger partial charge >= 0.3 is 11.9 Å². The molecule has 0 aliphatic carbocycles. The molecule has 1 aromatic carbocycles. The maximum atomic E-state index is 12.7. The number of rotatable bonds is 3. The number of cyclic esters (lactones) is 1. The van der Waals surface area contributed by atoms with Gasteiger partial charge in [0.2, 0.25) is 0 Å². The lowest BCUT2D eigenvalue weighted by molar-refractivity contribution is -0.131. The molecule has 1 aromatic rings. The molecule has 0 N–H and O–H groups in total. The van der Waals surface area contributed by atoms with Crippen LogP contribution in [0.2, 0.25) is 0 Å². The van der Waals surface area contributed by atoms with Crippen LogP contribution in [0.1, 0.15) is 42.1 Å². The summed E-state index contributed by atoms with van der Waals surface area (Å²) in [6.45, 7) is 1.28. The first-order valence-corrected chi connectivity index (χ1v) is 8.34. The molecule has 2 heterocycles. The van der Waals surface area contributed by atoms with Crippen molar-refractivity contribution in [2.75, 3.05) is 0 Å². The fourth-order valence-corrected chi connectivity index (χ4v) is 3.24. The SMILES string of the molecule is CC(=O)Oc1cccc2c1C(=O)O[C@@H](CC=O)C[C@H]1CC=C[C@H](C2)O1. The van der Waals surface area contributed by atoms with E-state index in [4.69, 9.17) is 14.2 Å². The predicted octanol–water partition coefficient (Wildman–Crippen LogP) is 2.39. The van der Waals surface area contributed by atoms with Crippen LogP contribution >= 0.6 is 0 Å². The molecule has 0 amide bonds. The van der Waals surface area contributed by atoms with Crippen LogP contribution < -0.4 is 4.74 Å². The zero-order valence-corrected chi connectivity index (χ0v) is 14.0. The van der Waals surface area contributed by atoms with Gasteiger partial charge in [-0.15, -0.1) is 0 Å². The largest absolute Gasteiger partial charge is 0.458 e. The summed E-state index contributed by atoms with van der Waals surface area (Å²) in [5.41, 5.74) is 0.903. The van der Waals surface area contributed by atoms with E-state index in [1.807, 2.05) is 6.08 Å². The van der Waals surface area contributed by atoms with Crippen molar-refractivity contribution in [2.24, 2.45) is 0 Å². The number of esters is 2. The van der Waals surface area contributed by atoms with E-state index in [1.54, 1.807) is 18.2 Å². The third-order valence-corrected chi connectivity index (χ3v) is 4.27. The van der Waals surface area contributed by atoms with E-state index in [2.05, 4.69) is 6.08 Å². The average molecular weight is 344 g/mol. The van der Waals surface area contributed by atoms with Crippen molar-refractivity contribution in [3.8, 4) is 5.75 Å². The van der Waals surface area contributed by atoms with E-state index in [1.165, 1.54) is 6.92 Å². The Hall–Kier alpha value is -2.47. The minimum atomic E-state index is -0.581. The standard InChI is InChI=1S/C19H20O6/c1-12(21)23-17-7-2-4-13-10-14-5-3-6-15(24-14)11-16(8-9-20)25-19(22)18(13)17/h2-5,7,9,14-16H,6,8,10-11H2,1H3/t14-,15-,16+/m1/s1. The molecule has 6 nitrogen and oxygen atoms in total. The fourth-order valence-electron chi connectivity index (χ4n) is 3.24. The van der Waals surface area contributed by atoms with Gasteiger partial charge < -0.3 is 19.0 Å². The van der Waals surface area contributed by atoms with Crippen LogP contribution in [0.5, 0.6) is 5.75 Å². The van der Waals surface area contributed by atoms with Gasteiger partial charge in [-0.2, -0.15) is 0 Å². The minimum Gasteiger partial charge on any atom is -0.458 e. The number of hydrogen-bond acceptors (Lipinski definition) is 6. The highest BCUT2D eigenvalue weighted by Crippen LogP contribution is 2.30. The number of carbonyl (C=O) groups is 3. The third kappa shape index (κ3) is 4.14. The smallest absolute Gasteiger partial charge is 0.342 e. The Bertz CT molecular complexity index is 708. The number of aldehydes is 1. The molecule has 0 unspecified atom stereocenters. The molecule has 0 fully saturated rings. The number of ether oxygens (including phenoxy) is 3. The molecule has 2 aliphatic heterocycles. The molecule has 2 bridgehead atoms. The summed E-state index contributed by atoms with van der Waals surface area (Å²) in [6, 6.07) is 5.08. The summed E-state index contributed by atoms with van der Waals surface area (Å²) in [5.74, 6) is -0.934. The van der Waals surface area contributed by atoms with Crippen LogP contribution in [0.3, 0.4) is 0 Å². The Morgan fingerprint density at radius 3 is 3.00 bits per heavy atom. The van der Waals surface area contributed by atoms with Crippen LogP contribution in [0.25, 0.3) is 0 Å². The lowest BCUT2D eigenvalue weighted by Crippen LogP contribution is -2.33. The summed E-state index contributed by atoms with van der Waals surface area (Å²) in [4.78, 5) is 35.1. The Labute approximate surface area is 145 Å². The van der Waals surface area contributed by atoms with Crippen LogP contribution in [0, 0.1) is 0 Å². The molecule has 0 radical (unpaired) electrons. The second kappa shape index (κ2) is 7.61. The number of carbonyl (C=O) groups excluding carboxylic acids is 3. The molecule has 3 rings (SSSR count). The van der Waals surface area contributed by atoms with Gasteiger partial charge in [-0.25, -0.2) is 4.79 Å². The molecule has 0 spiro atoms. The summed E-state index contributed by atoms with van der Waals surface area (Å²) in [7, 11) is 0. The highest BCUT2D eigenvalue weighted by atomic mass is 16.6. The molecule has 25 heavy (non-hydrogen) atoms. The number of fused-ring (bicyclic) bond motifs is 3. The van der Waals surface area contributed by atoms with Gasteiger partial charge in [0.05, 0.1) is 12.2 Å².